The van der Waals surface area contributed by atoms with E-state index in [9.17, 15) is 4.79 Å². The molecule has 0 atom stereocenters. The summed E-state index contributed by atoms with van der Waals surface area (Å²) >= 11 is 1.48. The highest BCUT2D eigenvalue weighted by Gasteiger charge is 2.26. The first kappa shape index (κ1) is 17.5. The number of benzene rings is 2. The Morgan fingerprint density at radius 2 is 1.96 bits per heavy atom. The van der Waals surface area contributed by atoms with Crippen LogP contribution in [0.2, 0.25) is 0 Å². The van der Waals surface area contributed by atoms with Crippen LogP contribution in [0.25, 0.3) is 0 Å². The van der Waals surface area contributed by atoms with Crippen molar-refractivity contribution in [2.45, 2.75) is 33.4 Å². The van der Waals surface area contributed by atoms with E-state index in [4.69, 9.17) is 4.99 Å². The van der Waals surface area contributed by atoms with Crippen LogP contribution in [0.15, 0.2) is 47.5 Å². The lowest BCUT2D eigenvalue weighted by Crippen LogP contribution is -2.34. The Hall–Kier alpha value is -2.27. The molecule has 3 rings (SSSR count). The minimum absolute atomic E-state index is 0.0183. The van der Waals surface area contributed by atoms with Gasteiger partial charge in [-0.2, -0.15) is 0 Å². The van der Waals surface area contributed by atoms with Crippen molar-refractivity contribution >= 4 is 34.1 Å². The van der Waals surface area contributed by atoms with E-state index in [0.717, 1.165) is 33.1 Å². The molecule has 1 aliphatic heterocycles. The van der Waals surface area contributed by atoms with Crippen LogP contribution in [0.3, 0.4) is 0 Å². The molecule has 0 radical (unpaired) electrons. The summed E-state index contributed by atoms with van der Waals surface area (Å²) in [5.41, 5.74) is 4.80. The van der Waals surface area contributed by atoms with Crippen LogP contribution in [0.1, 0.15) is 30.5 Å². The summed E-state index contributed by atoms with van der Waals surface area (Å²) in [6.07, 6.45) is 0. The number of hydrogen-bond acceptors (Lipinski definition) is 4. The number of nitrogens with one attached hydrogen (secondary N) is 2. The summed E-state index contributed by atoms with van der Waals surface area (Å²) < 4.78 is 0. The summed E-state index contributed by atoms with van der Waals surface area (Å²) in [7, 11) is 0. The predicted octanol–water partition coefficient (Wildman–Crippen LogP) is 4.58. The molecular formula is C20H23N3OS. The zero-order valence-electron chi connectivity index (χ0n) is 15.0. The molecule has 2 aromatic rings. The van der Waals surface area contributed by atoms with Crippen LogP contribution in [0, 0.1) is 13.8 Å². The lowest BCUT2D eigenvalue weighted by atomic mass is 10.1. The normalized spacial score (nSPS) is 15.0. The standard InChI is InChI=1S/C20H23N3OS/c1-13-9-10-14(2)17(11-13)21-18(24)12-25-19-15-7-5-6-8-16(15)22-20(3,4)23-19/h5-11,22H,12H2,1-4H3,(H,21,24). The highest BCUT2D eigenvalue weighted by Crippen LogP contribution is 2.31. The van der Waals surface area contributed by atoms with Gasteiger partial charge in [0.1, 0.15) is 10.7 Å². The van der Waals surface area contributed by atoms with Crippen LogP contribution < -0.4 is 10.6 Å². The van der Waals surface area contributed by atoms with Gasteiger partial charge in [-0.3, -0.25) is 9.79 Å². The second-order valence-corrected chi connectivity index (χ2v) is 7.77. The third-order valence-corrected chi connectivity index (χ3v) is 4.98. The van der Waals surface area contributed by atoms with Gasteiger partial charge in [-0.05, 0) is 51.0 Å². The van der Waals surface area contributed by atoms with Gasteiger partial charge in [-0.15, -0.1) is 0 Å². The SMILES string of the molecule is Cc1ccc(C)c(NC(=O)CSC2=NC(C)(C)Nc3ccccc32)c1. The van der Waals surface area contributed by atoms with E-state index >= 15 is 0 Å². The highest BCUT2D eigenvalue weighted by molar-refractivity contribution is 8.15. The number of aryl methyl sites for hydroxylation is 2. The van der Waals surface area contributed by atoms with Crippen LogP contribution in [0.4, 0.5) is 11.4 Å². The van der Waals surface area contributed by atoms with Crippen LogP contribution in [0.5, 0.6) is 0 Å². The van der Waals surface area contributed by atoms with Gasteiger partial charge in [-0.25, -0.2) is 0 Å². The van der Waals surface area contributed by atoms with Gasteiger partial charge < -0.3 is 10.6 Å². The molecule has 1 amide bonds. The summed E-state index contributed by atoms with van der Waals surface area (Å²) in [6, 6.07) is 14.1. The predicted molar refractivity (Wildman–Crippen MR) is 108 cm³/mol. The molecule has 4 nitrogen and oxygen atoms in total. The molecule has 0 fully saturated rings. The number of amides is 1. The monoisotopic (exact) mass is 353 g/mol. The molecule has 2 N–H and O–H groups in total. The molecule has 1 aliphatic rings. The minimum atomic E-state index is -0.375. The van der Waals surface area contributed by atoms with Crippen molar-refractivity contribution in [2.24, 2.45) is 4.99 Å². The number of para-hydroxylation sites is 1. The Balaban J connectivity index is 1.71. The second kappa shape index (κ2) is 6.92. The van der Waals surface area contributed by atoms with E-state index in [1.807, 2.05) is 70.2 Å². The number of thioether (sulfide) groups is 1. The van der Waals surface area contributed by atoms with Gasteiger partial charge in [0, 0.05) is 16.9 Å². The number of fused-ring (bicyclic) bond motifs is 1. The topological polar surface area (TPSA) is 53.5 Å². The van der Waals surface area contributed by atoms with Crippen molar-refractivity contribution in [3.8, 4) is 0 Å². The molecule has 2 aromatic carbocycles. The van der Waals surface area contributed by atoms with Crippen molar-refractivity contribution in [1.29, 1.82) is 0 Å². The molecule has 0 aliphatic carbocycles. The summed E-state index contributed by atoms with van der Waals surface area (Å²) in [6.45, 7) is 8.07. The molecule has 0 saturated carbocycles. The van der Waals surface area contributed by atoms with Crippen molar-refractivity contribution in [3.63, 3.8) is 0 Å². The molecule has 1 heterocycles. The first-order valence-corrected chi connectivity index (χ1v) is 9.30. The van der Waals surface area contributed by atoms with Gasteiger partial charge in [0.2, 0.25) is 5.91 Å². The molecule has 0 unspecified atom stereocenters. The minimum Gasteiger partial charge on any atom is -0.361 e. The van der Waals surface area contributed by atoms with E-state index < -0.39 is 0 Å². The van der Waals surface area contributed by atoms with Gasteiger partial charge in [-0.1, -0.05) is 42.1 Å². The molecule has 25 heavy (non-hydrogen) atoms. The number of carbonyl (C=O) groups is 1. The maximum atomic E-state index is 12.4. The van der Waals surface area contributed by atoms with Crippen LogP contribution in [-0.2, 0) is 4.79 Å². The fourth-order valence-electron chi connectivity index (χ4n) is 2.75. The average molecular weight is 353 g/mol. The molecule has 130 valence electrons. The number of nitrogens with zero attached hydrogens (tertiary/aromatic N) is 1. The Morgan fingerprint density at radius 3 is 2.76 bits per heavy atom. The van der Waals surface area contributed by atoms with Crippen molar-refractivity contribution in [1.82, 2.24) is 0 Å². The number of rotatable bonds is 3. The lowest BCUT2D eigenvalue weighted by molar-refractivity contribution is -0.113. The van der Waals surface area contributed by atoms with E-state index in [-0.39, 0.29) is 11.6 Å². The third kappa shape index (κ3) is 4.23. The molecule has 0 aromatic heterocycles. The summed E-state index contributed by atoms with van der Waals surface area (Å²) in [5, 5.41) is 7.31. The Morgan fingerprint density at radius 1 is 1.20 bits per heavy atom. The Labute approximate surface area is 153 Å². The second-order valence-electron chi connectivity index (χ2n) is 6.80. The summed E-state index contributed by atoms with van der Waals surface area (Å²) in [4.78, 5) is 17.1. The van der Waals surface area contributed by atoms with E-state index in [2.05, 4.69) is 10.6 Å². The first-order valence-electron chi connectivity index (χ1n) is 8.31. The van der Waals surface area contributed by atoms with Gasteiger partial charge in [0.05, 0.1) is 5.75 Å². The van der Waals surface area contributed by atoms with Gasteiger partial charge in [0.25, 0.3) is 0 Å². The third-order valence-electron chi connectivity index (χ3n) is 3.99. The van der Waals surface area contributed by atoms with E-state index in [0.29, 0.717) is 5.75 Å². The van der Waals surface area contributed by atoms with E-state index in [1.54, 1.807) is 0 Å². The fraction of sp³-hybridized carbons (Fsp3) is 0.300. The molecule has 5 heteroatoms. The van der Waals surface area contributed by atoms with Gasteiger partial charge in [0.15, 0.2) is 0 Å². The highest BCUT2D eigenvalue weighted by atomic mass is 32.2. The van der Waals surface area contributed by atoms with Crippen LogP contribution >= 0.6 is 11.8 Å². The number of carbonyl (C=O) groups excluding carboxylic acids is 1. The lowest BCUT2D eigenvalue weighted by Gasteiger charge is -2.30. The van der Waals surface area contributed by atoms with Crippen molar-refractivity contribution in [3.05, 3.63) is 59.2 Å². The zero-order chi connectivity index (χ0) is 18.0. The van der Waals surface area contributed by atoms with Gasteiger partial charge >= 0.3 is 0 Å². The number of anilines is 2. The number of aliphatic imine (C=N–C) groups is 1. The smallest absolute Gasteiger partial charge is 0.234 e. The quantitative estimate of drug-likeness (QED) is 0.849. The summed E-state index contributed by atoms with van der Waals surface area (Å²) in [5.74, 6) is 0.312. The van der Waals surface area contributed by atoms with Crippen molar-refractivity contribution < 1.29 is 4.79 Å². The maximum absolute atomic E-state index is 12.4. The molecule has 0 spiro atoms. The number of hydrogen-bond donors (Lipinski definition) is 2. The fourth-order valence-corrected chi connectivity index (χ4v) is 3.72. The largest absolute Gasteiger partial charge is 0.361 e. The average Bonchev–Trinajstić information content (AvgIpc) is 2.55. The zero-order valence-corrected chi connectivity index (χ0v) is 15.8. The van der Waals surface area contributed by atoms with E-state index in [1.165, 1.54) is 11.8 Å². The molecule has 0 bridgehead atoms. The van der Waals surface area contributed by atoms with Crippen LogP contribution in [-0.4, -0.2) is 22.4 Å². The molecular weight excluding hydrogens is 330 g/mol. The maximum Gasteiger partial charge on any atom is 0.234 e. The Bertz CT molecular complexity index is 843. The molecule has 0 saturated heterocycles. The Kier molecular flexibility index (Phi) is 4.86. The first-order chi connectivity index (χ1) is 11.8. The van der Waals surface area contributed by atoms with Crippen molar-refractivity contribution in [2.75, 3.05) is 16.4 Å².